The highest BCUT2D eigenvalue weighted by molar-refractivity contribution is 7.09. The van der Waals surface area contributed by atoms with Crippen LogP contribution in [0.2, 0.25) is 0 Å². The molecule has 0 saturated carbocycles. The summed E-state index contributed by atoms with van der Waals surface area (Å²) in [6.45, 7) is 2.86. The maximum absolute atomic E-state index is 10.5. The van der Waals surface area contributed by atoms with Gasteiger partial charge >= 0.3 is 5.97 Å². The number of likely N-dealkylation sites (N-methyl/N-ethyl adjacent to an activating group) is 1. The van der Waals surface area contributed by atoms with E-state index >= 15 is 0 Å². The van der Waals surface area contributed by atoms with Crippen LogP contribution in [0, 0.1) is 0 Å². The third-order valence-electron chi connectivity index (χ3n) is 2.18. The summed E-state index contributed by atoms with van der Waals surface area (Å²) in [5.74, 6) is -0.828. The zero-order valence-electron chi connectivity index (χ0n) is 10.3. The lowest BCUT2D eigenvalue weighted by atomic mass is 10.3. The molecule has 0 atom stereocenters. The summed E-state index contributed by atoms with van der Waals surface area (Å²) in [5, 5.41) is 14.8. The fraction of sp³-hybridized carbons (Fsp3) is 0.636. The second-order valence-electron chi connectivity index (χ2n) is 4.11. The van der Waals surface area contributed by atoms with E-state index in [2.05, 4.69) is 15.2 Å². The third-order valence-corrected chi connectivity index (χ3v) is 3.14. The molecule has 6 heteroatoms. The molecule has 1 aromatic rings. The molecule has 0 radical (unpaired) electrons. The van der Waals surface area contributed by atoms with E-state index in [-0.39, 0.29) is 6.42 Å². The molecule has 0 aromatic carbocycles. The van der Waals surface area contributed by atoms with Gasteiger partial charge in [-0.2, -0.15) is 0 Å². The Morgan fingerprint density at radius 1 is 1.53 bits per heavy atom. The molecule has 0 aliphatic heterocycles. The summed E-state index contributed by atoms with van der Waals surface area (Å²) in [5.41, 5.74) is 0.658. The van der Waals surface area contributed by atoms with Gasteiger partial charge in [-0.3, -0.25) is 4.79 Å². The lowest BCUT2D eigenvalue weighted by Crippen LogP contribution is -2.27. The van der Waals surface area contributed by atoms with Crippen LogP contribution in [-0.2, 0) is 17.6 Å². The molecule has 0 aliphatic rings. The predicted molar refractivity (Wildman–Crippen MR) is 68.6 cm³/mol. The van der Waals surface area contributed by atoms with Crippen molar-refractivity contribution >= 4 is 17.3 Å². The molecule has 17 heavy (non-hydrogen) atoms. The van der Waals surface area contributed by atoms with Crippen molar-refractivity contribution in [3.05, 3.63) is 16.1 Å². The molecule has 0 bridgehead atoms. The van der Waals surface area contributed by atoms with Gasteiger partial charge in [-0.05, 0) is 14.1 Å². The number of aliphatic carboxylic acids is 1. The normalized spacial score (nSPS) is 11.0. The Morgan fingerprint density at radius 3 is 2.94 bits per heavy atom. The molecule has 0 unspecified atom stereocenters. The number of rotatable bonds is 8. The highest BCUT2D eigenvalue weighted by Gasteiger charge is 2.05. The van der Waals surface area contributed by atoms with Crippen LogP contribution in [0.25, 0.3) is 0 Å². The van der Waals surface area contributed by atoms with E-state index < -0.39 is 5.97 Å². The quantitative estimate of drug-likeness (QED) is 0.663. The monoisotopic (exact) mass is 257 g/mol. The number of hydrogen-bond acceptors (Lipinski definition) is 5. The molecule has 1 aromatic heterocycles. The maximum atomic E-state index is 10.5. The van der Waals surface area contributed by atoms with Crippen LogP contribution in [0.1, 0.15) is 10.7 Å². The fourth-order valence-electron chi connectivity index (χ4n) is 1.32. The summed E-state index contributed by atoms with van der Waals surface area (Å²) < 4.78 is 0. The Bertz CT molecular complexity index is 352. The lowest BCUT2D eigenvalue weighted by Gasteiger charge is -2.09. The van der Waals surface area contributed by atoms with Crippen LogP contribution < -0.4 is 5.32 Å². The van der Waals surface area contributed by atoms with Crippen molar-refractivity contribution in [2.45, 2.75) is 12.8 Å². The van der Waals surface area contributed by atoms with Crippen molar-refractivity contribution in [2.24, 2.45) is 0 Å². The van der Waals surface area contributed by atoms with Gasteiger partial charge in [0.1, 0.15) is 0 Å². The number of carboxylic acids is 1. The van der Waals surface area contributed by atoms with Crippen LogP contribution >= 0.6 is 11.3 Å². The number of nitrogens with zero attached hydrogens (tertiary/aromatic N) is 2. The Hall–Kier alpha value is -0.980. The van der Waals surface area contributed by atoms with Crippen molar-refractivity contribution in [1.29, 1.82) is 0 Å². The zero-order valence-corrected chi connectivity index (χ0v) is 11.1. The highest BCUT2D eigenvalue weighted by atomic mass is 32.1. The Morgan fingerprint density at radius 2 is 2.29 bits per heavy atom. The van der Waals surface area contributed by atoms with Gasteiger partial charge in [0.2, 0.25) is 0 Å². The Labute approximate surface area is 105 Å². The molecule has 96 valence electrons. The van der Waals surface area contributed by atoms with Gasteiger partial charge in [-0.25, -0.2) is 4.98 Å². The second kappa shape index (κ2) is 7.37. The number of carbonyl (C=O) groups is 1. The second-order valence-corrected chi connectivity index (χ2v) is 5.05. The SMILES string of the molecule is CN(C)CCNCCc1nc(CC(=O)O)cs1. The van der Waals surface area contributed by atoms with Gasteiger partial charge in [0.15, 0.2) is 0 Å². The minimum atomic E-state index is -0.828. The largest absolute Gasteiger partial charge is 0.481 e. The molecule has 0 spiro atoms. The van der Waals surface area contributed by atoms with Crippen LogP contribution in [0.3, 0.4) is 0 Å². The van der Waals surface area contributed by atoms with Crippen molar-refractivity contribution in [3.8, 4) is 0 Å². The van der Waals surface area contributed by atoms with Gasteiger partial charge in [0.25, 0.3) is 0 Å². The third kappa shape index (κ3) is 6.35. The van der Waals surface area contributed by atoms with Crippen molar-refractivity contribution in [2.75, 3.05) is 33.7 Å². The first-order valence-electron chi connectivity index (χ1n) is 5.58. The zero-order chi connectivity index (χ0) is 12.7. The summed E-state index contributed by atoms with van der Waals surface area (Å²) >= 11 is 1.53. The van der Waals surface area contributed by atoms with E-state index in [0.717, 1.165) is 31.1 Å². The van der Waals surface area contributed by atoms with Crippen LogP contribution in [0.4, 0.5) is 0 Å². The molecule has 5 nitrogen and oxygen atoms in total. The van der Waals surface area contributed by atoms with E-state index in [4.69, 9.17) is 5.11 Å². The Kier molecular flexibility index (Phi) is 6.10. The smallest absolute Gasteiger partial charge is 0.309 e. The minimum Gasteiger partial charge on any atom is -0.481 e. The van der Waals surface area contributed by atoms with Crippen LogP contribution in [-0.4, -0.2) is 54.7 Å². The summed E-state index contributed by atoms with van der Waals surface area (Å²) in [6.07, 6.45) is 0.877. The molecule has 2 N–H and O–H groups in total. The Balaban J connectivity index is 2.18. The van der Waals surface area contributed by atoms with Gasteiger partial charge in [0, 0.05) is 31.4 Å². The van der Waals surface area contributed by atoms with E-state index in [1.54, 1.807) is 0 Å². The van der Waals surface area contributed by atoms with Crippen LogP contribution in [0.5, 0.6) is 0 Å². The van der Waals surface area contributed by atoms with E-state index in [1.165, 1.54) is 11.3 Å². The molecular formula is C11H19N3O2S. The van der Waals surface area contributed by atoms with Gasteiger partial charge in [-0.15, -0.1) is 11.3 Å². The first-order chi connectivity index (χ1) is 8.08. The first-order valence-corrected chi connectivity index (χ1v) is 6.46. The standard InChI is InChI=1S/C11H19N3O2S/c1-14(2)6-5-12-4-3-10-13-9(8-17-10)7-11(15)16/h8,12H,3-7H2,1-2H3,(H,15,16). The number of thiazole rings is 1. The minimum absolute atomic E-state index is 0.0184. The maximum Gasteiger partial charge on any atom is 0.309 e. The summed E-state index contributed by atoms with van der Waals surface area (Å²) in [4.78, 5) is 16.9. The molecule has 0 aliphatic carbocycles. The molecule has 0 amide bonds. The van der Waals surface area contributed by atoms with Crippen molar-refractivity contribution < 1.29 is 9.90 Å². The number of hydrogen-bond donors (Lipinski definition) is 2. The highest BCUT2D eigenvalue weighted by Crippen LogP contribution is 2.10. The van der Waals surface area contributed by atoms with Crippen molar-refractivity contribution in [1.82, 2.24) is 15.2 Å². The molecule has 0 fully saturated rings. The van der Waals surface area contributed by atoms with E-state index in [0.29, 0.717) is 5.69 Å². The molecule has 1 rings (SSSR count). The predicted octanol–water partition coefficient (Wildman–Crippen LogP) is 0.464. The van der Waals surface area contributed by atoms with Gasteiger partial charge in [0.05, 0.1) is 17.1 Å². The topological polar surface area (TPSA) is 65.5 Å². The van der Waals surface area contributed by atoms with Gasteiger partial charge in [-0.1, -0.05) is 0 Å². The van der Waals surface area contributed by atoms with Gasteiger partial charge < -0.3 is 15.3 Å². The number of aromatic nitrogens is 1. The van der Waals surface area contributed by atoms with Crippen molar-refractivity contribution in [3.63, 3.8) is 0 Å². The molecular weight excluding hydrogens is 238 g/mol. The number of carboxylic acid groups (broad SMARTS) is 1. The van der Waals surface area contributed by atoms with Crippen LogP contribution in [0.15, 0.2) is 5.38 Å². The molecule has 0 saturated heterocycles. The van der Waals surface area contributed by atoms with E-state index in [9.17, 15) is 4.79 Å². The average molecular weight is 257 g/mol. The molecule has 1 heterocycles. The fourth-order valence-corrected chi connectivity index (χ4v) is 2.12. The lowest BCUT2D eigenvalue weighted by molar-refractivity contribution is -0.136. The average Bonchev–Trinajstić information content (AvgIpc) is 2.63. The summed E-state index contributed by atoms with van der Waals surface area (Å²) in [7, 11) is 4.08. The summed E-state index contributed by atoms with van der Waals surface area (Å²) in [6, 6.07) is 0. The van der Waals surface area contributed by atoms with E-state index in [1.807, 2.05) is 19.5 Å². The first kappa shape index (κ1) is 14.1. The number of nitrogens with one attached hydrogen (secondary N) is 1.